The van der Waals surface area contributed by atoms with Crippen LogP contribution < -0.4 is 39.1 Å². The molecule has 0 amide bonds. The van der Waals surface area contributed by atoms with E-state index < -0.39 is 6.04 Å². The van der Waals surface area contributed by atoms with Crippen molar-refractivity contribution in [3.05, 3.63) is 70.9 Å². The van der Waals surface area contributed by atoms with E-state index in [2.05, 4.69) is 10.6 Å². The minimum atomic E-state index is -0.491. The van der Waals surface area contributed by atoms with Crippen LogP contribution in [0.5, 0.6) is 34.5 Å². The summed E-state index contributed by atoms with van der Waals surface area (Å²) in [6, 6.07) is 15.0. The Kier molecular flexibility index (Phi) is 7.64. The van der Waals surface area contributed by atoms with E-state index in [1.54, 1.807) is 42.7 Å². The maximum absolute atomic E-state index is 14.1. The van der Waals surface area contributed by atoms with Gasteiger partial charge < -0.3 is 39.1 Å². The maximum atomic E-state index is 14.1. The molecule has 1 aliphatic carbocycles. The van der Waals surface area contributed by atoms with Gasteiger partial charge in [0, 0.05) is 23.3 Å². The van der Waals surface area contributed by atoms with Crippen molar-refractivity contribution in [1.29, 1.82) is 0 Å². The van der Waals surface area contributed by atoms with Crippen molar-refractivity contribution in [1.82, 2.24) is 0 Å². The standard InChI is InChI=1S/C31H34N2O7/c1-35-24-12-11-19(29(38-4)31(24)40-6)28-27-22(32-20-9-7-8-10-21(20)33-28)13-17(14-23(27)34)18-15-25(36-2)30(39-5)26(16-18)37-3/h7-12,15-17,28,32-33H,13-14H2,1-6H3/t17-,28+/m0/s1. The van der Waals surface area contributed by atoms with Crippen LogP contribution >= 0.6 is 0 Å². The molecule has 9 nitrogen and oxygen atoms in total. The van der Waals surface area contributed by atoms with Crippen molar-refractivity contribution in [3.63, 3.8) is 0 Å². The van der Waals surface area contributed by atoms with Gasteiger partial charge >= 0.3 is 0 Å². The fourth-order valence-corrected chi connectivity index (χ4v) is 5.65. The Morgan fingerprint density at radius 1 is 0.675 bits per heavy atom. The summed E-state index contributed by atoms with van der Waals surface area (Å²) in [4.78, 5) is 14.1. The first-order chi connectivity index (χ1) is 19.5. The Labute approximate surface area is 234 Å². The largest absolute Gasteiger partial charge is 0.493 e. The summed E-state index contributed by atoms with van der Waals surface area (Å²) >= 11 is 0. The van der Waals surface area contributed by atoms with E-state index >= 15 is 0 Å². The number of fused-ring (bicyclic) bond motifs is 1. The zero-order valence-corrected chi connectivity index (χ0v) is 23.5. The second kappa shape index (κ2) is 11.3. The number of para-hydroxylation sites is 2. The molecule has 2 N–H and O–H groups in total. The molecule has 0 unspecified atom stereocenters. The number of ketones is 1. The molecule has 1 heterocycles. The number of rotatable bonds is 8. The number of benzene rings is 3. The van der Waals surface area contributed by atoms with Crippen LogP contribution in [0.15, 0.2) is 59.8 Å². The molecule has 40 heavy (non-hydrogen) atoms. The lowest BCUT2D eigenvalue weighted by Gasteiger charge is -2.31. The monoisotopic (exact) mass is 546 g/mol. The molecule has 5 rings (SSSR count). The predicted octanol–water partition coefficient (Wildman–Crippen LogP) is 5.72. The summed E-state index contributed by atoms with van der Waals surface area (Å²) in [7, 11) is 9.48. The Balaban J connectivity index is 1.65. The Hall–Kier alpha value is -4.53. The van der Waals surface area contributed by atoms with Gasteiger partial charge in [-0.15, -0.1) is 0 Å². The predicted molar refractivity (Wildman–Crippen MR) is 153 cm³/mol. The van der Waals surface area contributed by atoms with Crippen molar-refractivity contribution in [2.45, 2.75) is 24.8 Å². The first-order valence-corrected chi connectivity index (χ1v) is 12.9. The smallest absolute Gasteiger partial charge is 0.203 e. The van der Waals surface area contributed by atoms with Crippen LogP contribution in [-0.2, 0) is 4.79 Å². The third kappa shape index (κ3) is 4.61. The molecular weight excluding hydrogens is 512 g/mol. The van der Waals surface area contributed by atoms with Crippen LogP contribution in [-0.4, -0.2) is 48.4 Å². The molecule has 0 saturated heterocycles. The lowest BCUT2D eigenvalue weighted by atomic mass is 9.78. The highest BCUT2D eigenvalue weighted by Gasteiger charge is 2.38. The fourth-order valence-electron chi connectivity index (χ4n) is 5.65. The quantitative estimate of drug-likeness (QED) is 0.368. The van der Waals surface area contributed by atoms with E-state index in [0.717, 1.165) is 28.2 Å². The Bertz CT molecular complexity index is 1440. The first-order valence-electron chi connectivity index (χ1n) is 12.9. The number of anilines is 2. The van der Waals surface area contributed by atoms with Gasteiger partial charge in [0.1, 0.15) is 0 Å². The fraction of sp³-hybridized carbons (Fsp3) is 0.323. The lowest BCUT2D eigenvalue weighted by Crippen LogP contribution is -2.27. The van der Waals surface area contributed by atoms with Gasteiger partial charge in [-0.05, 0) is 54.3 Å². The van der Waals surface area contributed by atoms with Crippen LogP contribution in [0.1, 0.15) is 35.9 Å². The third-order valence-corrected chi connectivity index (χ3v) is 7.51. The van der Waals surface area contributed by atoms with E-state index in [0.29, 0.717) is 52.9 Å². The number of allylic oxidation sites excluding steroid dienone is 1. The van der Waals surface area contributed by atoms with E-state index in [-0.39, 0.29) is 11.7 Å². The molecule has 1 aliphatic heterocycles. The first kappa shape index (κ1) is 27.1. The lowest BCUT2D eigenvalue weighted by molar-refractivity contribution is -0.116. The molecule has 2 atom stereocenters. The van der Waals surface area contributed by atoms with Crippen molar-refractivity contribution < 1.29 is 33.2 Å². The van der Waals surface area contributed by atoms with E-state index in [9.17, 15) is 4.79 Å². The van der Waals surface area contributed by atoms with Gasteiger partial charge in [0.2, 0.25) is 11.5 Å². The molecule has 2 aliphatic rings. The summed E-state index contributed by atoms with van der Waals surface area (Å²) in [6.45, 7) is 0. The minimum Gasteiger partial charge on any atom is -0.493 e. The molecule has 3 aromatic rings. The Morgan fingerprint density at radius 2 is 1.30 bits per heavy atom. The molecule has 0 radical (unpaired) electrons. The SMILES string of the molecule is COc1cc([C@@H]2CC(=O)C3=C(C2)Nc2ccccc2N[C@@H]3c2ccc(OC)c(OC)c2OC)cc(OC)c1OC. The van der Waals surface area contributed by atoms with Crippen LogP contribution in [0.2, 0.25) is 0 Å². The molecule has 0 bridgehead atoms. The van der Waals surface area contributed by atoms with Gasteiger partial charge in [-0.3, -0.25) is 4.79 Å². The number of carbonyl (C=O) groups excluding carboxylic acids is 1. The molecule has 0 fully saturated rings. The van der Waals surface area contributed by atoms with Crippen molar-refractivity contribution in [2.24, 2.45) is 0 Å². The van der Waals surface area contributed by atoms with Crippen molar-refractivity contribution >= 4 is 17.2 Å². The number of nitrogens with one attached hydrogen (secondary N) is 2. The van der Waals surface area contributed by atoms with Crippen LogP contribution in [0.4, 0.5) is 11.4 Å². The van der Waals surface area contributed by atoms with Gasteiger partial charge in [0.25, 0.3) is 0 Å². The molecule has 210 valence electrons. The number of carbonyl (C=O) groups is 1. The summed E-state index contributed by atoms with van der Waals surface area (Å²) in [6.07, 6.45) is 0.908. The van der Waals surface area contributed by atoms with Crippen molar-refractivity contribution in [3.8, 4) is 34.5 Å². The topological polar surface area (TPSA) is 96.5 Å². The normalized spacial score (nSPS) is 17.9. The Morgan fingerprint density at radius 3 is 1.90 bits per heavy atom. The summed E-state index contributed by atoms with van der Waals surface area (Å²) in [5, 5.41) is 7.17. The van der Waals surface area contributed by atoms with Gasteiger partial charge in [0.05, 0.1) is 60.1 Å². The zero-order chi connectivity index (χ0) is 28.4. The molecule has 9 heteroatoms. The average molecular weight is 547 g/mol. The third-order valence-electron chi connectivity index (χ3n) is 7.51. The second-order valence-electron chi connectivity index (χ2n) is 9.55. The van der Waals surface area contributed by atoms with Gasteiger partial charge in [-0.2, -0.15) is 0 Å². The average Bonchev–Trinajstić information content (AvgIpc) is 3.16. The van der Waals surface area contributed by atoms with Crippen molar-refractivity contribution in [2.75, 3.05) is 53.3 Å². The summed E-state index contributed by atoms with van der Waals surface area (Å²) in [5.74, 6) is 3.06. The second-order valence-corrected chi connectivity index (χ2v) is 9.55. The highest BCUT2D eigenvalue weighted by molar-refractivity contribution is 6.01. The molecule has 3 aromatic carbocycles. The summed E-state index contributed by atoms with van der Waals surface area (Å²) < 4.78 is 33.7. The van der Waals surface area contributed by atoms with Crippen LogP contribution in [0.3, 0.4) is 0 Å². The highest BCUT2D eigenvalue weighted by atomic mass is 16.5. The van der Waals surface area contributed by atoms with E-state index in [1.165, 1.54) is 0 Å². The molecular formula is C31H34N2O7. The summed E-state index contributed by atoms with van der Waals surface area (Å²) in [5.41, 5.74) is 4.96. The van der Waals surface area contributed by atoms with Crippen LogP contribution in [0.25, 0.3) is 0 Å². The molecule has 0 saturated carbocycles. The van der Waals surface area contributed by atoms with E-state index in [1.807, 2.05) is 48.5 Å². The maximum Gasteiger partial charge on any atom is 0.203 e. The number of methoxy groups -OCH3 is 6. The van der Waals surface area contributed by atoms with Crippen LogP contribution in [0, 0.1) is 0 Å². The minimum absolute atomic E-state index is 0.0228. The van der Waals surface area contributed by atoms with E-state index in [4.69, 9.17) is 28.4 Å². The number of ether oxygens (including phenoxy) is 6. The zero-order valence-electron chi connectivity index (χ0n) is 23.5. The number of Topliss-reactive ketones (excluding diaryl/α,β-unsaturated/α-hetero) is 1. The number of hydrogen-bond donors (Lipinski definition) is 2. The highest BCUT2D eigenvalue weighted by Crippen LogP contribution is 2.50. The van der Waals surface area contributed by atoms with Gasteiger partial charge in [0.15, 0.2) is 28.8 Å². The van der Waals surface area contributed by atoms with Gasteiger partial charge in [-0.25, -0.2) is 0 Å². The molecule has 0 spiro atoms. The number of hydrogen-bond acceptors (Lipinski definition) is 9. The molecule has 0 aromatic heterocycles. The van der Waals surface area contributed by atoms with Gasteiger partial charge in [-0.1, -0.05) is 12.1 Å².